The quantitative estimate of drug-likeness (QED) is 0.709. The summed E-state index contributed by atoms with van der Waals surface area (Å²) in [6.07, 6.45) is 0. The second kappa shape index (κ2) is 3.04. The second-order valence-electron chi connectivity index (χ2n) is 2.97. The molecule has 0 radical (unpaired) electrons. The molecule has 1 aromatic carbocycles. The van der Waals surface area contributed by atoms with E-state index in [1.807, 2.05) is 6.07 Å². The zero-order chi connectivity index (χ0) is 10.1. The first-order valence-corrected chi connectivity index (χ1v) is 4.16. The Morgan fingerprint density at radius 2 is 2.36 bits per heavy atom. The van der Waals surface area contributed by atoms with Crippen molar-refractivity contribution in [3.8, 4) is 11.8 Å². The third-order valence-electron chi connectivity index (χ3n) is 2.25. The molecule has 1 aromatic rings. The highest BCUT2D eigenvalue weighted by atomic mass is 16.5. The number of rotatable bonds is 1. The van der Waals surface area contributed by atoms with Gasteiger partial charge in [0.15, 0.2) is 0 Å². The van der Waals surface area contributed by atoms with Crippen LogP contribution in [0.15, 0.2) is 12.1 Å². The molecule has 1 aliphatic rings. The normalized spacial score (nSPS) is 13.0. The molecule has 0 saturated heterocycles. The van der Waals surface area contributed by atoms with E-state index in [-0.39, 0.29) is 5.91 Å². The summed E-state index contributed by atoms with van der Waals surface area (Å²) in [6, 6.07) is 5.50. The standard InChI is InChI=1S/C10H8N2O2/c1-14-8-3-2-6-5-12-10(13)9(6)7(8)4-11/h2-3H,5H2,1H3,(H,12,13). The Bertz CT molecular complexity index is 446. The number of amides is 1. The first kappa shape index (κ1) is 8.57. The van der Waals surface area contributed by atoms with E-state index in [0.29, 0.717) is 23.4 Å². The van der Waals surface area contributed by atoms with Crippen LogP contribution in [0.2, 0.25) is 0 Å². The summed E-state index contributed by atoms with van der Waals surface area (Å²) in [5.41, 5.74) is 1.62. The molecule has 0 spiro atoms. The molecule has 1 amide bonds. The van der Waals surface area contributed by atoms with E-state index in [4.69, 9.17) is 10.00 Å². The third-order valence-corrected chi connectivity index (χ3v) is 2.25. The van der Waals surface area contributed by atoms with Gasteiger partial charge in [0.1, 0.15) is 17.4 Å². The molecule has 1 N–H and O–H groups in total. The highest BCUT2D eigenvalue weighted by Crippen LogP contribution is 2.27. The number of benzene rings is 1. The van der Waals surface area contributed by atoms with Crippen molar-refractivity contribution in [1.29, 1.82) is 5.26 Å². The zero-order valence-electron chi connectivity index (χ0n) is 7.63. The number of fused-ring (bicyclic) bond motifs is 1. The van der Waals surface area contributed by atoms with E-state index >= 15 is 0 Å². The van der Waals surface area contributed by atoms with Gasteiger partial charge in [0.2, 0.25) is 0 Å². The van der Waals surface area contributed by atoms with Crippen LogP contribution < -0.4 is 10.1 Å². The van der Waals surface area contributed by atoms with Crippen LogP contribution in [0.3, 0.4) is 0 Å². The van der Waals surface area contributed by atoms with Crippen LogP contribution in [0, 0.1) is 11.3 Å². The molecular formula is C10H8N2O2. The summed E-state index contributed by atoms with van der Waals surface area (Å²) in [4.78, 5) is 11.4. The molecular weight excluding hydrogens is 180 g/mol. The van der Waals surface area contributed by atoms with E-state index in [9.17, 15) is 4.79 Å². The van der Waals surface area contributed by atoms with Crippen molar-refractivity contribution in [3.63, 3.8) is 0 Å². The van der Waals surface area contributed by atoms with E-state index in [2.05, 4.69) is 5.32 Å². The predicted octanol–water partition coefficient (Wildman–Crippen LogP) is 0.810. The van der Waals surface area contributed by atoms with Gasteiger partial charge in [-0.15, -0.1) is 0 Å². The van der Waals surface area contributed by atoms with Crippen molar-refractivity contribution < 1.29 is 9.53 Å². The van der Waals surface area contributed by atoms with Gasteiger partial charge in [-0.25, -0.2) is 0 Å². The second-order valence-corrected chi connectivity index (χ2v) is 2.97. The average molecular weight is 188 g/mol. The number of nitriles is 1. The minimum atomic E-state index is -0.199. The van der Waals surface area contributed by atoms with Gasteiger partial charge in [-0.1, -0.05) is 6.07 Å². The fraction of sp³-hybridized carbons (Fsp3) is 0.200. The molecule has 4 nitrogen and oxygen atoms in total. The van der Waals surface area contributed by atoms with Gasteiger partial charge in [0, 0.05) is 6.54 Å². The number of hydrogen-bond donors (Lipinski definition) is 1. The van der Waals surface area contributed by atoms with Crippen LogP contribution in [0.5, 0.6) is 5.75 Å². The molecule has 0 atom stereocenters. The predicted molar refractivity (Wildman–Crippen MR) is 48.9 cm³/mol. The summed E-state index contributed by atoms with van der Waals surface area (Å²) in [5.74, 6) is 0.249. The van der Waals surface area contributed by atoms with Crippen molar-refractivity contribution in [2.45, 2.75) is 6.54 Å². The number of nitrogens with one attached hydrogen (secondary N) is 1. The Morgan fingerprint density at radius 3 is 3.00 bits per heavy atom. The van der Waals surface area contributed by atoms with Crippen molar-refractivity contribution in [3.05, 3.63) is 28.8 Å². The molecule has 1 aliphatic heterocycles. The molecule has 0 unspecified atom stereocenters. The molecule has 0 saturated carbocycles. The lowest BCUT2D eigenvalue weighted by Gasteiger charge is -2.04. The first-order chi connectivity index (χ1) is 6.77. The first-order valence-electron chi connectivity index (χ1n) is 4.16. The van der Waals surface area contributed by atoms with Crippen molar-refractivity contribution in [1.82, 2.24) is 5.32 Å². The highest BCUT2D eigenvalue weighted by Gasteiger charge is 2.24. The molecule has 0 bridgehead atoms. The topological polar surface area (TPSA) is 62.1 Å². The maximum Gasteiger partial charge on any atom is 0.253 e. The fourth-order valence-corrected chi connectivity index (χ4v) is 1.58. The van der Waals surface area contributed by atoms with E-state index in [0.717, 1.165) is 5.56 Å². The lowest BCUT2D eigenvalue weighted by atomic mass is 10.0. The fourth-order valence-electron chi connectivity index (χ4n) is 1.58. The van der Waals surface area contributed by atoms with E-state index in [1.165, 1.54) is 7.11 Å². The summed E-state index contributed by atoms with van der Waals surface area (Å²) < 4.78 is 5.01. The van der Waals surface area contributed by atoms with Gasteiger partial charge >= 0.3 is 0 Å². The number of hydrogen-bond acceptors (Lipinski definition) is 3. The lowest BCUT2D eigenvalue weighted by molar-refractivity contribution is 0.0965. The van der Waals surface area contributed by atoms with Gasteiger partial charge in [-0.2, -0.15) is 5.26 Å². The van der Waals surface area contributed by atoms with Crippen LogP contribution in [-0.2, 0) is 6.54 Å². The van der Waals surface area contributed by atoms with Crippen LogP contribution in [0.1, 0.15) is 21.5 Å². The Morgan fingerprint density at radius 1 is 1.57 bits per heavy atom. The largest absolute Gasteiger partial charge is 0.495 e. The Labute approximate surface area is 81.1 Å². The molecule has 0 fully saturated rings. The third kappa shape index (κ3) is 1.03. The Balaban J connectivity index is 2.70. The summed E-state index contributed by atoms with van der Waals surface area (Å²) in [7, 11) is 1.48. The van der Waals surface area contributed by atoms with Crippen molar-refractivity contribution >= 4 is 5.91 Å². The summed E-state index contributed by atoms with van der Waals surface area (Å²) in [5, 5.41) is 11.6. The van der Waals surface area contributed by atoms with E-state index < -0.39 is 0 Å². The summed E-state index contributed by atoms with van der Waals surface area (Å²) in [6.45, 7) is 0.493. The summed E-state index contributed by atoms with van der Waals surface area (Å²) >= 11 is 0. The highest BCUT2D eigenvalue weighted by molar-refractivity contribution is 6.01. The lowest BCUT2D eigenvalue weighted by Crippen LogP contribution is -2.13. The van der Waals surface area contributed by atoms with Gasteiger partial charge < -0.3 is 10.1 Å². The minimum Gasteiger partial charge on any atom is -0.495 e. The molecule has 70 valence electrons. The van der Waals surface area contributed by atoms with Gasteiger partial charge in [-0.3, -0.25) is 4.79 Å². The van der Waals surface area contributed by atoms with Gasteiger partial charge in [0.05, 0.1) is 12.7 Å². The van der Waals surface area contributed by atoms with Crippen molar-refractivity contribution in [2.24, 2.45) is 0 Å². The van der Waals surface area contributed by atoms with Crippen LogP contribution in [0.4, 0.5) is 0 Å². The number of ether oxygens (including phenoxy) is 1. The Hall–Kier alpha value is -2.02. The molecule has 4 heteroatoms. The number of carbonyl (C=O) groups excluding carboxylic acids is 1. The maximum atomic E-state index is 11.4. The molecule has 0 aromatic heterocycles. The smallest absolute Gasteiger partial charge is 0.253 e. The maximum absolute atomic E-state index is 11.4. The SMILES string of the molecule is COc1ccc2c(c1C#N)C(=O)NC2. The van der Waals surface area contributed by atoms with Crippen LogP contribution in [-0.4, -0.2) is 13.0 Å². The minimum absolute atomic E-state index is 0.199. The molecule has 14 heavy (non-hydrogen) atoms. The van der Waals surface area contributed by atoms with Crippen LogP contribution >= 0.6 is 0 Å². The number of carbonyl (C=O) groups is 1. The van der Waals surface area contributed by atoms with E-state index in [1.54, 1.807) is 12.1 Å². The van der Waals surface area contributed by atoms with Crippen LogP contribution in [0.25, 0.3) is 0 Å². The number of methoxy groups -OCH3 is 1. The molecule has 2 rings (SSSR count). The average Bonchev–Trinajstić information content (AvgIpc) is 2.59. The molecule has 0 aliphatic carbocycles. The zero-order valence-corrected chi connectivity index (χ0v) is 7.63. The van der Waals surface area contributed by atoms with Gasteiger partial charge in [-0.05, 0) is 11.6 Å². The molecule has 1 heterocycles. The Kier molecular flexibility index (Phi) is 1.86. The monoisotopic (exact) mass is 188 g/mol. The van der Waals surface area contributed by atoms with Crippen molar-refractivity contribution in [2.75, 3.05) is 7.11 Å². The number of nitrogens with zero attached hydrogens (tertiary/aromatic N) is 1. The van der Waals surface area contributed by atoms with Gasteiger partial charge in [0.25, 0.3) is 5.91 Å².